The molecule has 1 N–H and O–H groups in total. The van der Waals surface area contributed by atoms with Gasteiger partial charge in [0.1, 0.15) is 0 Å². The molecule has 0 bridgehead atoms. The quantitative estimate of drug-likeness (QED) is 0.641. The standard InChI is InChI=1S/C23H22N2OS/c1-15-13-20(14-22-16(2)24-23(26)27-22)17(3)25(15)21-11-9-19(10-12-21)18-7-5-4-6-8-18/h4-13,22H,2,14H2,1,3H3,(H,24,26). The monoisotopic (exact) mass is 374 g/mol. The molecule has 4 rings (SSSR count). The van der Waals surface area contributed by atoms with Gasteiger partial charge in [-0.1, -0.05) is 60.8 Å². The van der Waals surface area contributed by atoms with E-state index in [0.717, 1.165) is 17.8 Å². The fraction of sp³-hybridized carbons (Fsp3) is 0.174. The third-order valence-electron chi connectivity index (χ3n) is 5.07. The maximum absolute atomic E-state index is 11.6. The first-order chi connectivity index (χ1) is 13.0. The van der Waals surface area contributed by atoms with Crippen LogP contribution in [0.2, 0.25) is 0 Å². The van der Waals surface area contributed by atoms with E-state index in [1.54, 1.807) is 0 Å². The van der Waals surface area contributed by atoms with Gasteiger partial charge < -0.3 is 9.88 Å². The van der Waals surface area contributed by atoms with Crippen LogP contribution in [0.1, 0.15) is 17.0 Å². The van der Waals surface area contributed by atoms with Crippen molar-refractivity contribution in [2.24, 2.45) is 0 Å². The summed E-state index contributed by atoms with van der Waals surface area (Å²) in [7, 11) is 0. The lowest BCUT2D eigenvalue weighted by atomic mass is 10.1. The molecule has 1 fully saturated rings. The normalized spacial score (nSPS) is 16.6. The molecule has 1 atom stereocenters. The highest BCUT2D eigenvalue weighted by molar-refractivity contribution is 8.14. The topological polar surface area (TPSA) is 34.0 Å². The first kappa shape index (κ1) is 17.7. The van der Waals surface area contributed by atoms with Gasteiger partial charge in [0.2, 0.25) is 0 Å². The van der Waals surface area contributed by atoms with E-state index in [4.69, 9.17) is 0 Å². The van der Waals surface area contributed by atoms with Gasteiger partial charge in [0.15, 0.2) is 0 Å². The minimum Gasteiger partial charge on any atom is -0.320 e. The number of hydrogen-bond donors (Lipinski definition) is 1. The molecule has 136 valence electrons. The summed E-state index contributed by atoms with van der Waals surface area (Å²) in [5.74, 6) is 0. The molecule has 27 heavy (non-hydrogen) atoms. The number of nitrogens with one attached hydrogen (secondary N) is 1. The molecule has 0 spiro atoms. The van der Waals surface area contributed by atoms with Crippen LogP contribution in [0.5, 0.6) is 0 Å². The van der Waals surface area contributed by atoms with E-state index in [-0.39, 0.29) is 10.5 Å². The molecule has 1 aliphatic heterocycles. The first-order valence-electron chi connectivity index (χ1n) is 9.03. The van der Waals surface area contributed by atoms with Crippen molar-refractivity contribution in [3.8, 4) is 16.8 Å². The molecule has 2 aromatic carbocycles. The summed E-state index contributed by atoms with van der Waals surface area (Å²) < 4.78 is 2.28. The Bertz CT molecular complexity index is 1000. The zero-order valence-corrected chi connectivity index (χ0v) is 16.3. The molecule has 3 nitrogen and oxygen atoms in total. The highest BCUT2D eigenvalue weighted by Gasteiger charge is 2.27. The number of carbonyl (C=O) groups excluding carboxylic acids is 1. The molecule has 0 saturated carbocycles. The van der Waals surface area contributed by atoms with Crippen molar-refractivity contribution >= 4 is 17.0 Å². The van der Waals surface area contributed by atoms with E-state index in [0.29, 0.717) is 0 Å². The number of amides is 1. The zero-order chi connectivity index (χ0) is 19.0. The fourth-order valence-electron chi connectivity index (χ4n) is 3.67. The second-order valence-electron chi connectivity index (χ2n) is 6.89. The number of aryl methyl sites for hydroxylation is 1. The molecular weight excluding hydrogens is 352 g/mol. The third-order valence-corrected chi connectivity index (χ3v) is 6.13. The van der Waals surface area contributed by atoms with Crippen LogP contribution < -0.4 is 5.32 Å². The largest absolute Gasteiger partial charge is 0.320 e. The lowest BCUT2D eigenvalue weighted by Gasteiger charge is -2.12. The van der Waals surface area contributed by atoms with E-state index < -0.39 is 0 Å². The van der Waals surface area contributed by atoms with Crippen LogP contribution in [0.3, 0.4) is 0 Å². The minimum atomic E-state index is -0.00434. The van der Waals surface area contributed by atoms with Gasteiger partial charge in [0.25, 0.3) is 5.24 Å². The van der Waals surface area contributed by atoms with Gasteiger partial charge in [0.05, 0.1) is 5.25 Å². The van der Waals surface area contributed by atoms with Gasteiger partial charge in [0, 0.05) is 22.8 Å². The predicted octanol–water partition coefficient (Wildman–Crippen LogP) is 5.64. The summed E-state index contributed by atoms with van der Waals surface area (Å²) in [5.41, 5.74) is 8.07. The molecule has 4 heteroatoms. The Balaban J connectivity index is 1.62. The molecule has 1 aromatic heterocycles. The van der Waals surface area contributed by atoms with Gasteiger partial charge in [-0.25, -0.2) is 0 Å². The lowest BCUT2D eigenvalue weighted by Crippen LogP contribution is -2.13. The van der Waals surface area contributed by atoms with Crippen molar-refractivity contribution in [2.75, 3.05) is 0 Å². The molecule has 1 unspecified atom stereocenters. The van der Waals surface area contributed by atoms with E-state index in [9.17, 15) is 4.79 Å². The number of benzene rings is 2. The second-order valence-corrected chi connectivity index (χ2v) is 8.07. The zero-order valence-electron chi connectivity index (χ0n) is 15.5. The first-order valence-corrected chi connectivity index (χ1v) is 9.91. The van der Waals surface area contributed by atoms with Crippen LogP contribution in [0, 0.1) is 13.8 Å². The SMILES string of the molecule is C=C1NC(=O)SC1Cc1cc(C)n(-c2ccc(-c3ccccc3)cc2)c1C. The highest BCUT2D eigenvalue weighted by Crippen LogP contribution is 2.31. The summed E-state index contributed by atoms with van der Waals surface area (Å²) in [6.07, 6.45) is 0.810. The van der Waals surface area contributed by atoms with Gasteiger partial charge in [-0.15, -0.1) is 0 Å². The second kappa shape index (κ2) is 7.12. The van der Waals surface area contributed by atoms with Gasteiger partial charge in [-0.2, -0.15) is 0 Å². The average Bonchev–Trinajstić information content (AvgIpc) is 3.13. The maximum Gasteiger partial charge on any atom is 0.283 e. The smallest absolute Gasteiger partial charge is 0.283 e. The summed E-state index contributed by atoms with van der Waals surface area (Å²) in [6, 6.07) is 21.3. The minimum absolute atomic E-state index is 0.00434. The number of rotatable bonds is 4. The predicted molar refractivity (Wildman–Crippen MR) is 113 cm³/mol. The van der Waals surface area contributed by atoms with Crippen LogP contribution >= 0.6 is 11.8 Å². The number of nitrogens with zero attached hydrogens (tertiary/aromatic N) is 1. The molecule has 1 saturated heterocycles. The van der Waals surface area contributed by atoms with Crippen molar-refractivity contribution in [1.82, 2.24) is 9.88 Å². The Morgan fingerprint density at radius 1 is 1.04 bits per heavy atom. The number of thioether (sulfide) groups is 1. The van der Waals surface area contributed by atoms with Crippen molar-refractivity contribution in [2.45, 2.75) is 25.5 Å². The summed E-state index contributed by atoms with van der Waals surface area (Å²) in [6.45, 7) is 8.25. The Morgan fingerprint density at radius 3 is 2.33 bits per heavy atom. The van der Waals surface area contributed by atoms with Crippen molar-refractivity contribution < 1.29 is 4.79 Å². The van der Waals surface area contributed by atoms with Crippen molar-refractivity contribution in [1.29, 1.82) is 0 Å². The molecule has 0 radical (unpaired) electrons. The van der Waals surface area contributed by atoms with E-state index in [2.05, 4.69) is 84.9 Å². The fourth-order valence-corrected chi connectivity index (χ4v) is 4.59. The average molecular weight is 375 g/mol. The van der Waals surface area contributed by atoms with E-state index in [1.165, 1.54) is 39.8 Å². The molecule has 1 amide bonds. The summed E-state index contributed by atoms with van der Waals surface area (Å²) >= 11 is 1.33. The third kappa shape index (κ3) is 3.45. The Kier molecular flexibility index (Phi) is 4.66. The van der Waals surface area contributed by atoms with Crippen LogP contribution in [0.25, 0.3) is 16.8 Å². The number of aromatic nitrogens is 1. The maximum atomic E-state index is 11.6. The van der Waals surface area contributed by atoms with Crippen molar-refractivity contribution in [3.05, 3.63) is 89.9 Å². The van der Waals surface area contributed by atoms with Crippen LogP contribution in [-0.2, 0) is 6.42 Å². The Hall–Kier alpha value is -2.72. The Labute approximate surface area is 164 Å². The highest BCUT2D eigenvalue weighted by atomic mass is 32.2. The molecule has 0 aliphatic carbocycles. The van der Waals surface area contributed by atoms with Crippen LogP contribution in [0.4, 0.5) is 4.79 Å². The van der Waals surface area contributed by atoms with Gasteiger partial charge >= 0.3 is 0 Å². The Morgan fingerprint density at radius 2 is 1.70 bits per heavy atom. The molecule has 2 heterocycles. The molecule has 1 aliphatic rings. The summed E-state index contributed by atoms with van der Waals surface area (Å²) in [5, 5.41) is 2.90. The van der Waals surface area contributed by atoms with Gasteiger partial charge in [-0.05, 0) is 55.2 Å². The number of carbonyl (C=O) groups is 1. The molecular formula is C23H22N2OS. The lowest BCUT2D eigenvalue weighted by molar-refractivity contribution is 0.263. The van der Waals surface area contributed by atoms with Crippen LogP contribution in [-0.4, -0.2) is 15.1 Å². The molecule has 3 aromatic rings. The summed E-state index contributed by atoms with van der Waals surface area (Å²) in [4.78, 5) is 11.6. The van der Waals surface area contributed by atoms with Gasteiger partial charge in [-0.3, -0.25) is 4.79 Å². The van der Waals surface area contributed by atoms with E-state index >= 15 is 0 Å². The number of hydrogen-bond acceptors (Lipinski definition) is 2. The van der Waals surface area contributed by atoms with Crippen LogP contribution in [0.15, 0.2) is 72.9 Å². The van der Waals surface area contributed by atoms with Crippen molar-refractivity contribution in [3.63, 3.8) is 0 Å². The van der Waals surface area contributed by atoms with E-state index in [1.807, 2.05) is 6.07 Å².